The van der Waals surface area contributed by atoms with Crippen molar-refractivity contribution >= 4 is 23.5 Å². The summed E-state index contributed by atoms with van der Waals surface area (Å²) in [6, 6.07) is 7.83. The van der Waals surface area contributed by atoms with E-state index in [1.807, 2.05) is 11.8 Å². The number of hydrogen-bond acceptors (Lipinski definition) is 8. The highest BCUT2D eigenvalue weighted by atomic mass is 19.4. The van der Waals surface area contributed by atoms with E-state index < -0.39 is 29.4 Å². The molecule has 2 unspecified atom stereocenters. The number of halogens is 4. The van der Waals surface area contributed by atoms with Crippen molar-refractivity contribution in [3.63, 3.8) is 0 Å². The SMILES string of the molecule is COc1c(N2CCC(Nc3nnc(-c4ccc(C(F)(F)F)cc4)o3)C[C@H]2C)ccc(C2CCC(=O)NC2=O)c1F. The van der Waals surface area contributed by atoms with Crippen molar-refractivity contribution in [2.75, 3.05) is 23.9 Å². The summed E-state index contributed by atoms with van der Waals surface area (Å²) in [6.45, 7) is 2.53. The first-order valence-corrected chi connectivity index (χ1v) is 12.8. The number of carbonyl (C=O) groups is 2. The van der Waals surface area contributed by atoms with Gasteiger partial charge in [-0.05, 0) is 56.5 Å². The van der Waals surface area contributed by atoms with Gasteiger partial charge in [0.1, 0.15) is 0 Å². The van der Waals surface area contributed by atoms with Crippen LogP contribution in [0.1, 0.15) is 49.7 Å². The van der Waals surface area contributed by atoms with Gasteiger partial charge in [0.15, 0.2) is 11.6 Å². The zero-order valence-electron chi connectivity index (χ0n) is 21.7. The largest absolute Gasteiger partial charge is 0.492 e. The lowest BCUT2D eigenvalue weighted by Crippen LogP contribution is -2.45. The number of benzene rings is 2. The van der Waals surface area contributed by atoms with Crippen molar-refractivity contribution < 1.29 is 36.3 Å². The summed E-state index contributed by atoms with van der Waals surface area (Å²) in [5, 5.41) is 13.4. The van der Waals surface area contributed by atoms with Gasteiger partial charge in [-0.3, -0.25) is 14.9 Å². The van der Waals surface area contributed by atoms with E-state index in [2.05, 4.69) is 20.8 Å². The Kier molecular flexibility index (Phi) is 7.39. The predicted molar refractivity (Wildman–Crippen MR) is 136 cm³/mol. The fourth-order valence-electron chi connectivity index (χ4n) is 5.28. The number of amides is 2. The molecule has 3 atom stereocenters. The highest BCUT2D eigenvalue weighted by molar-refractivity contribution is 6.01. The third-order valence-electron chi connectivity index (χ3n) is 7.32. The van der Waals surface area contributed by atoms with Gasteiger partial charge in [0.05, 0.1) is 24.3 Å². The summed E-state index contributed by atoms with van der Waals surface area (Å²) < 4.78 is 65.1. The molecule has 3 heterocycles. The second kappa shape index (κ2) is 10.8. The fourth-order valence-corrected chi connectivity index (χ4v) is 5.28. The van der Waals surface area contributed by atoms with Crippen LogP contribution in [-0.2, 0) is 15.8 Å². The van der Waals surface area contributed by atoms with Crippen molar-refractivity contribution in [3.8, 4) is 17.2 Å². The fraction of sp³-hybridized carbons (Fsp3) is 0.407. The van der Waals surface area contributed by atoms with Crippen LogP contribution in [0.25, 0.3) is 11.5 Å². The number of imide groups is 1. The number of rotatable bonds is 6. The van der Waals surface area contributed by atoms with Crippen LogP contribution < -0.4 is 20.3 Å². The molecule has 2 aromatic carbocycles. The molecule has 0 spiro atoms. The first kappa shape index (κ1) is 27.4. The molecule has 5 rings (SSSR count). The van der Waals surface area contributed by atoms with Gasteiger partial charge in [-0.2, -0.15) is 13.2 Å². The van der Waals surface area contributed by atoms with E-state index in [1.165, 1.54) is 19.2 Å². The van der Waals surface area contributed by atoms with Gasteiger partial charge in [0.25, 0.3) is 0 Å². The molecule has 9 nitrogen and oxygen atoms in total. The van der Waals surface area contributed by atoms with Crippen molar-refractivity contribution in [3.05, 3.63) is 53.3 Å². The number of aromatic nitrogens is 2. The van der Waals surface area contributed by atoms with Crippen LogP contribution in [0.4, 0.5) is 29.3 Å². The molecule has 2 aliphatic rings. The first-order chi connectivity index (χ1) is 19.0. The summed E-state index contributed by atoms with van der Waals surface area (Å²) in [4.78, 5) is 25.8. The Hall–Kier alpha value is -4.16. The van der Waals surface area contributed by atoms with Gasteiger partial charge in [-0.25, -0.2) is 4.39 Å². The topological polar surface area (TPSA) is 110 Å². The van der Waals surface area contributed by atoms with Gasteiger partial charge in [-0.15, -0.1) is 5.10 Å². The van der Waals surface area contributed by atoms with Gasteiger partial charge < -0.3 is 19.4 Å². The lowest BCUT2D eigenvalue weighted by molar-refractivity contribution is -0.138. The van der Waals surface area contributed by atoms with E-state index in [4.69, 9.17) is 9.15 Å². The highest BCUT2D eigenvalue weighted by Gasteiger charge is 2.34. The summed E-state index contributed by atoms with van der Waals surface area (Å²) in [5.41, 5.74) is 0.350. The molecule has 40 heavy (non-hydrogen) atoms. The summed E-state index contributed by atoms with van der Waals surface area (Å²) >= 11 is 0. The molecular weight excluding hydrogens is 534 g/mol. The lowest BCUT2D eigenvalue weighted by atomic mass is 9.89. The Morgan fingerprint density at radius 1 is 1.10 bits per heavy atom. The van der Waals surface area contributed by atoms with Crippen LogP contribution in [0, 0.1) is 5.82 Å². The van der Waals surface area contributed by atoms with Crippen molar-refractivity contribution in [1.82, 2.24) is 15.5 Å². The Morgan fingerprint density at radius 3 is 2.50 bits per heavy atom. The zero-order valence-corrected chi connectivity index (χ0v) is 21.7. The maximum atomic E-state index is 15.5. The third kappa shape index (κ3) is 5.45. The first-order valence-electron chi connectivity index (χ1n) is 12.8. The second-order valence-corrected chi connectivity index (χ2v) is 9.92. The highest BCUT2D eigenvalue weighted by Crippen LogP contribution is 2.40. The van der Waals surface area contributed by atoms with Crippen molar-refractivity contribution in [2.24, 2.45) is 0 Å². The van der Waals surface area contributed by atoms with E-state index >= 15 is 4.39 Å². The average Bonchev–Trinajstić information content (AvgIpc) is 3.37. The molecule has 2 amide bonds. The molecule has 2 saturated heterocycles. The monoisotopic (exact) mass is 561 g/mol. The predicted octanol–water partition coefficient (Wildman–Crippen LogP) is 4.89. The van der Waals surface area contributed by atoms with Crippen molar-refractivity contribution in [1.29, 1.82) is 0 Å². The average molecular weight is 562 g/mol. The van der Waals surface area contributed by atoms with Gasteiger partial charge in [0, 0.05) is 36.2 Å². The van der Waals surface area contributed by atoms with Crippen molar-refractivity contribution in [2.45, 2.75) is 56.8 Å². The maximum absolute atomic E-state index is 15.5. The minimum atomic E-state index is -4.43. The number of hydrogen-bond donors (Lipinski definition) is 2. The summed E-state index contributed by atoms with van der Waals surface area (Å²) in [5.74, 6) is -2.14. The molecule has 0 aliphatic carbocycles. The number of methoxy groups -OCH3 is 1. The number of piperidine rings is 2. The maximum Gasteiger partial charge on any atom is 0.416 e. The summed E-state index contributed by atoms with van der Waals surface area (Å²) in [7, 11) is 1.37. The zero-order chi connectivity index (χ0) is 28.6. The number of nitrogens with one attached hydrogen (secondary N) is 2. The van der Waals surface area contributed by atoms with Crippen LogP contribution >= 0.6 is 0 Å². The minimum Gasteiger partial charge on any atom is -0.492 e. The van der Waals surface area contributed by atoms with Crippen LogP contribution in [0.5, 0.6) is 5.75 Å². The van der Waals surface area contributed by atoms with E-state index in [9.17, 15) is 22.8 Å². The molecule has 13 heteroatoms. The molecule has 0 bridgehead atoms. The lowest BCUT2D eigenvalue weighted by Gasteiger charge is -2.40. The van der Waals surface area contributed by atoms with Crippen LogP contribution in [-0.4, -0.2) is 47.7 Å². The number of carbonyl (C=O) groups excluding carboxylic acids is 2. The quantitative estimate of drug-likeness (QED) is 0.323. The van der Waals surface area contributed by atoms with Gasteiger partial charge >= 0.3 is 12.2 Å². The standard InChI is InChI=1S/C27H27F4N5O4/c1-14-13-17(32-26-35-34-25(40-26)15-3-5-16(6-4-15)27(29,30)31)11-12-36(14)20-9-7-18(22(28)23(20)39-2)19-8-10-21(37)33-24(19)38/h3-7,9,14,17,19H,8,10-13H2,1-2H3,(H,32,35)(H,33,37,38)/t14-,17?,19?/m1/s1. The van der Waals surface area contributed by atoms with Crippen LogP contribution in [0.3, 0.4) is 0 Å². The smallest absolute Gasteiger partial charge is 0.416 e. The van der Waals surface area contributed by atoms with Gasteiger partial charge in [0.2, 0.25) is 17.7 Å². The normalized spacial score (nSPS) is 21.8. The molecule has 2 fully saturated rings. The van der Waals surface area contributed by atoms with E-state index in [0.29, 0.717) is 30.6 Å². The molecule has 1 aromatic heterocycles. The Labute approximate surface area is 226 Å². The number of alkyl halides is 3. The molecule has 0 radical (unpaired) electrons. The summed E-state index contributed by atoms with van der Waals surface area (Å²) in [6.07, 6.45) is -2.78. The van der Waals surface area contributed by atoms with Crippen LogP contribution in [0.15, 0.2) is 40.8 Å². The Balaban J connectivity index is 1.25. The minimum absolute atomic E-state index is 0.0403. The second-order valence-electron chi connectivity index (χ2n) is 9.92. The number of anilines is 2. The molecule has 3 aromatic rings. The number of nitrogens with zero attached hydrogens (tertiary/aromatic N) is 3. The Morgan fingerprint density at radius 2 is 1.85 bits per heavy atom. The molecule has 212 valence electrons. The van der Waals surface area contributed by atoms with Gasteiger partial charge in [-0.1, -0.05) is 11.2 Å². The molecule has 0 saturated carbocycles. The van der Waals surface area contributed by atoms with E-state index in [1.54, 1.807) is 12.1 Å². The van der Waals surface area contributed by atoms with E-state index in [-0.39, 0.29) is 54.1 Å². The number of ether oxygens (including phenoxy) is 1. The Bertz CT molecular complexity index is 1410. The molecule has 2 N–H and O–H groups in total. The van der Waals surface area contributed by atoms with Crippen LogP contribution in [0.2, 0.25) is 0 Å². The molecular formula is C27H27F4N5O4. The third-order valence-corrected chi connectivity index (χ3v) is 7.32. The van der Waals surface area contributed by atoms with E-state index in [0.717, 1.165) is 12.1 Å². The molecule has 2 aliphatic heterocycles.